The van der Waals surface area contributed by atoms with E-state index in [0.717, 1.165) is 30.4 Å². The molecular formula is C62H90N8O8. The summed E-state index contributed by atoms with van der Waals surface area (Å²) in [6.45, 7) is 19.4. The van der Waals surface area contributed by atoms with E-state index < -0.39 is 22.8 Å². The molecule has 2 aliphatic rings. The van der Waals surface area contributed by atoms with Crippen LogP contribution < -0.4 is 21.3 Å². The van der Waals surface area contributed by atoms with Crippen molar-refractivity contribution < 1.29 is 38.4 Å². The van der Waals surface area contributed by atoms with Crippen molar-refractivity contribution in [3.05, 3.63) is 107 Å². The fourth-order valence-corrected chi connectivity index (χ4v) is 10.2. The highest BCUT2D eigenvalue weighted by atomic mass is 16.2. The molecule has 5 rings (SSSR count). The number of Topliss-reactive ketones (excluding diaryl/α,β-unsaturated/α-hetero) is 1. The molecule has 0 aromatic heterocycles. The molecular weight excluding hydrogens is 985 g/mol. The number of hydrogen-bond donors (Lipinski definition) is 4. The summed E-state index contributed by atoms with van der Waals surface area (Å²) < 4.78 is 0. The van der Waals surface area contributed by atoms with Crippen molar-refractivity contribution >= 4 is 47.1 Å². The molecule has 16 nitrogen and oxygen atoms in total. The summed E-state index contributed by atoms with van der Waals surface area (Å²) in [6, 6.07) is 25.2. The normalized spacial score (nSPS) is 17.1. The van der Waals surface area contributed by atoms with Crippen molar-refractivity contribution in [3.8, 4) is 0 Å². The molecule has 6 atom stereocenters. The number of rotatable bonds is 27. The predicted molar refractivity (Wildman–Crippen MR) is 305 cm³/mol. The van der Waals surface area contributed by atoms with Gasteiger partial charge in [0.15, 0.2) is 0 Å². The largest absolute Gasteiger partial charge is 0.347 e. The van der Waals surface area contributed by atoms with E-state index in [1.807, 2.05) is 126 Å². The summed E-state index contributed by atoms with van der Waals surface area (Å²) in [7, 11) is 1.73. The van der Waals surface area contributed by atoms with Gasteiger partial charge in [-0.2, -0.15) is 0 Å². The lowest BCUT2D eigenvalue weighted by Crippen LogP contribution is -2.58. The standard InChI is InChI=1S/C62H90N8O8/c1-11-43(2)58(76)66-57(62(7,8)9)60(78)70-33-19-25-50(70)42-68(35-31-46-22-16-13-17-23-46)56(75)40-65-54(73)37-48-28-26-47(27-29-48)36-53(72)64-39-55(74)67(34-30-45-20-14-12-15-21-45)41-49-24-18-32-69(49)59(77)51(61(4,5)6)38-52(71)44(3)63-10/h12-17,20-23,26-29,43-44,49-51,57,63H,11,18-19,24-25,30-42H2,1-10H3,(H,64,72)(H,65,73)(H,66,76)/t43-,44+,49?,50+,51-,57-/m1/s1. The number of likely N-dealkylation sites (N-methyl/N-ethyl adjacent to an activating group) is 1. The van der Waals surface area contributed by atoms with Crippen LogP contribution in [0.15, 0.2) is 84.9 Å². The van der Waals surface area contributed by atoms with Crippen molar-refractivity contribution in [2.75, 3.05) is 59.4 Å². The first kappa shape index (κ1) is 62.4. The zero-order valence-corrected chi connectivity index (χ0v) is 48.3. The highest BCUT2D eigenvalue weighted by Gasteiger charge is 2.42. The maximum absolute atomic E-state index is 14.3. The predicted octanol–water partition coefficient (Wildman–Crippen LogP) is 5.94. The van der Waals surface area contributed by atoms with Gasteiger partial charge in [-0.15, -0.1) is 0 Å². The van der Waals surface area contributed by atoms with Gasteiger partial charge >= 0.3 is 0 Å². The fourth-order valence-electron chi connectivity index (χ4n) is 10.2. The van der Waals surface area contributed by atoms with Crippen molar-refractivity contribution in [1.82, 2.24) is 40.9 Å². The Kier molecular flexibility index (Phi) is 23.6. The number of carbonyl (C=O) groups excluding carboxylic acids is 8. The Morgan fingerprint density at radius 2 is 1.04 bits per heavy atom. The summed E-state index contributed by atoms with van der Waals surface area (Å²) >= 11 is 0. The monoisotopic (exact) mass is 1070 g/mol. The molecule has 2 aliphatic heterocycles. The molecule has 16 heteroatoms. The van der Waals surface area contributed by atoms with Gasteiger partial charge in [-0.05, 0) is 92.0 Å². The Balaban J connectivity index is 1.16. The number of hydrogen-bond acceptors (Lipinski definition) is 9. The molecule has 3 aromatic carbocycles. The molecule has 0 radical (unpaired) electrons. The van der Waals surface area contributed by atoms with E-state index in [0.29, 0.717) is 76.1 Å². The van der Waals surface area contributed by atoms with Crippen LogP contribution >= 0.6 is 0 Å². The first-order valence-electron chi connectivity index (χ1n) is 28.3. The first-order chi connectivity index (χ1) is 37.0. The van der Waals surface area contributed by atoms with Crippen LogP contribution in [-0.4, -0.2) is 150 Å². The quantitative estimate of drug-likeness (QED) is 0.0715. The molecule has 0 spiro atoms. The minimum Gasteiger partial charge on any atom is -0.347 e. The van der Waals surface area contributed by atoms with Gasteiger partial charge in [-0.3, -0.25) is 38.4 Å². The van der Waals surface area contributed by atoms with E-state index in [-0.39, 0.29) is 104 Å². The summed E-state index contributed by atoms with van der Waals surface area (Å²) in [4.78, 5) is 116. The first-order valence-corrected chi connectivity index (χ1v) is 28.3. The molecule has 2 saturated heterocycles. The summed E-state index contributed by atoms with van der Waals surface area (Å²) in [5, 5.41) is 11.6. The molecule has 78 heavy (non-hydrogen) atoms. The lowest BCUT2D eigenvalue weighted by Gasteiger charge is -2.37. The van der Waals surface area contributed by atoms with Gasteiger partial charge in [0.25, 0.3) is 0 Å². The number of ketones is 1. The maximum Gasteiger partial charge on any atom is 0.246 e. The van der Waals surface area contributed by atoms with E-state index in [1.165, 1.54) is 0 Å². The summed E-state index contributed by atoms with van der Waals surface area (Å²) in [5.74, 6) is -2.36. The Hall–Kier alpha value is -6.42. The average Bonchev–Trinajstić information content (AvgIpc) is 4.10. The van der Waals surface area contributed by atoms with Gasteiger partial charge in [0, 0.05) is 69.6 Å². The van der Waals surface area contributed by atoms with Crippen LogP contribution in [0.3, 0.4) is 0 Å². The second kappa shape index (κ2) is 29.5. The van der Waals surface area contributed by atoms with Gasteiger partial charge in [-0.25, -0.2) is 0 Å². The molecule has 0 bridgehead atoms. The number of amides is 7. The van der Waals surface area contributed by atoms with Crippen molar-refractivity contribution in [3.63, 3.8) is 0 Å². The minimum absolute atomic E-state index is 0.00705. The van der Waals surface area contributed by atoms with E-state index >= 15 is 0 Å². The Morgan fingerprint density at radius 1 is 0.603 bits per heavy atom. The Bertz CT molecular complexity index is 2300. The zero-order chi connectivity index (χ0) is 57.2. The molecule has 2 fully saturated rings. The Morgan fingerprint density at radius 3 is 1.44 bits per heavy atom. The number of benzene rings is 3. The number of carbonyl (C=O) groups is 8. The van der Waals surface area contributed by atoms with Crippen molar-refractivity contribution in [1.29, 1.82) is 0 Å². The molecule has 7 amide bonds. The van der Waals surface area contributed by atoms with Crippen LogP contribution in [-0.2, 0) is 64.0 Å². The average molecular weight is 1080 g/mol. The molecule has 2 heterocycles. The SMILES string of the molecule is CC[C@@H](C)C(=O)N[C@H](C(=O)N1CCC[C@H]1CN(CCc1ccccc1)C(=O)CNC(=O)Cc1ccc(CC(=O)NCC(=O)N(CCc2ccccc2)CC2CCCN2C(=O)[C@@H](CC(=O)[C@H](C)NC)C(C)(C)C)cc1)C(C)(C)C. The molecule has 426 valence electrons. The maximum atomic E-state index is 14.3. The molecule has 4 N–H and O–H groups in total. The van der Waals surface area contributed by atoms with E-state index in [1.54, 1.807) is 48.0 Å². The zero-order valence-electron chi connectivity index (χ0n) is 48.3. The number of nitrogens with zero attached hydrogens (tertiary/aromatic N) is 4. The van der Waals surface area contributed by atoms with Crippen molar-refractivity contribution in [2.45, 2.75) is 151 Å². The molecule has 0 saturated carbocycles. The second-order valence-corrected chi connectivity index (χ2v) is 23.7. The lowest BCUT2D eigenvalue weighted by atomic mass is 9.76. The fraction of sp³-hybridized carbons (Fsp3) is 0.581. The highest BCUT2D eigenvalue weighted by Crippen LogP contribution is 2.34. The van der Waals surface area contributed by atoms with Gasteiger partial charge in [-0.1, -0.05) is 140 Å². The van der Waals surface area contributed by atoms with Crippen LogP contribution in [0.1, 0.15) is 123 Å². The van der Waals surface area contributed by atoms with Gasteiger partial charge in [0.05, 0.1) is 32.0 Å². The summed E-state index contributed by atoms with van der Waals surface area (Å²) in [5.41, 5.74) is 2.51. The highest BCUT2D eigenvalue weighted by molar-refractivity contribution is 5.91. The van der Waals surface area contributed by atoms with Crippen LogP contribution in [0.2, 0.25) is 0 Å². The smallest absolute Gasteiger partial charge is 0.246 e. The lowest BCUT2D eigenvalue weighted by molar-refractivity contribution is -0.144. The van der Waals surface area contributed by atoms with Crippen molar-refractivity contribution in [2.24, 2.45) is 22.7 Å². The van der Waals surface area contributed by atoms with Gasteiger partial charge in [0.2, 0.25) is 41.4 Å². The number of likely N-dealkylation sites (tertiary alicyclic amines) is 2. The second-order valence-electron chi connectivity index (χ2n) is 23.7. The number of nitrogens with one attached hydrogen (secondary N) is 4. The third kappa shape index (κ3) is 18.9. The molecule has 3 aromatic rings. The van der Waals surface area contributed by atoms with Gasteiger partial charge in [0.1, 0.15) is 11.8 Å². The van der Waals surface area contributed by atoms with Crippen LogP contribution in [0.4, 0.5) is 0 Å². The third-order valence-electron chi connectivity index (χ3n) is 15.7. The molecule has 0 aliphatic carbocycles. The van der Waals surface area contributed by atoms with E-state index in [4.69, 9.17) is 0 Å². The minimum atomic E-state index is -0.729. The van der Waals surface area contributed by atoms with Gasteiger partial charge < -0.3 is 40.9 Å². The third-order valence-corrected chi connectivity index (χ3v) is 15.7. The van der Waals surface area contributed by atoms with E-state index in [9.17, 15) is 38.4 Å². The Labute approximate surface area is 464 Å². The van der Waals surface area contributed by atoms with Crippen LogP contribution in [0, 0.1) is 22.7 Å². The van der Waals surface area contributed by atoms with Crippen LogP contribution in [0.5, 0.6) is 0 Å². The topological polar surface area (TPSA) is 198 Å². The summed E-state index contributed by atoms with van der Waals surface area (Å²) in [6.07, 6.45) is 4.98. The van der Waals surface area contributed by atoms with E-state index in [2.05, 4.69) is 21.3 Å². The van der Waals surface area contributed by atoms with Crippen LogP contribution in [0.25, 0.3) is 0 Å². The molecule has 1 unspecified atom stereocenters.